The Balaban J connectivity index is 1.90. The van der Waals surface area contributed by atoms with Gasteiger partial charge in [-0.1, -0.05) is 54.6 Å². The number of nitrogens with one attached hydrogen (secondary N) is 1. The molecule has 0 saturated heterocycles. The fraction of sp³-hybridized carbons (Fsp3) is 0.241. The van der Waals surface area contributed by atoms with Crippen LogP contribution in [0, 0.1) is 6.92 Å². The van der Waals surface area contributed by atoms with Gasteiger partial charge in [0.2, 0.25) is 0 Å². The summed E-state index contributed by atoms with van der Waals surface area (Å²) in [5, 5.41) is 2.37. The summed E-state index contributed by atoms with van der Waals surface area (Å²) in [5.74, 6) is -2.52. The number of ether oxygens (including phenoxy) is 2. The second-order valence-corrected chi connectivity index (χ2v) is 10.7. The summed E-state index contributed by atoms with van der Waals surface area (Å²) in [5.41, 5.74) is -2.46. The molecule has 44 heavy (non-hydrogen) atoms. The van der Waals surface area contributed by atoms with E-state index < -0.39 is 58.8 Å². The maximum atomic E-state index is 13.6. The number of halogens is 9. The maximum absolute atomic E-state index is 13.6. The number of carbonyl (C=O) groups excluding carboxylic acids is 1. The number of alkyl halides is 9. The number of aromatic nitrogens is 1. The van der Waals surface area contributed by atoms with Crippen molar-refractivity contribution in [2.75, 3.05) is 6.54 Å². The Bertz CT molecular complexity index is 1540. The number of aryl methyl sites for hydroxylation is 1. The topological polar surface area (TPSA) is 60.5 Å². The highest BCUT2D eigenvalue weighted by Crippen LogP contribution is 2.40. The summed E-state index contributed by atoms with van der Waals surface area (Å²) in [6.45, 7) is 0.703. The van der Waals surface area contributed by atoms with Crippen LogP contribution in [0.1, 0.15) is 37.1 Å². The molecule has 234 valence electrons. The van der Waals surface area contributed by atoms with E-state index in [1.807, 2.05) is 0 Å². The van der Waals surface area contributed by atoms with E-state index in [9.17, 15) is 44.3 Å². The summed E-state index contributed by atoms with van der Waals surface area (Å²) >= 11 is 0.480. The van der Waals surface area contributed by atoms with E-state index in [-0.39, 0.29) is 22.6 Å². The normalized spacial score (nSPS) is 12.6. The van der Waals surface area contributed by atoms with E-state index in [1.165, 1.54) is 31.2 Å². The Labute approximate surface area is 248 Å². The third-order valence-corrected chi connectivity index (χ3v) is 7.32. The number of hydrogen-bond acceptors (Lipinski definition) is 5. The Morgan fingerprint density at radius 1 is 0.773 bits per heavy atom. The van der Waals surface area contributed by atoms with Crippen molar-refractivity contribution in [2.24, 2.45) is 0 Å². The molecule has 0 unspecified atom stereocenters. The van der Waals surface area contributed by atoms with Crippen LogP contribution in [0.15, 0.2) is 78.9 Å². The van der Waals surface area contributed by atoms with Crippen molar-refractivity contribution in [1.29, 1.82) is 0 Å². The molecular formula is C29H21F9N2O3S. The molecule has 1 amide bonds. The molecule has 0 fully saturated rings. The van der Waals surface area contributed by atoms with Gasteiger partial charge < -0.3 is 14.8 Å². The van der Waals surface area contributed by atoms with Crippen molar-refractivity contribution in [3.05, 3.63) is 111 Å². The van der Waals surface area contributed by atoms with Crippen molar-refractivity contribution < 1.29 is 53.8 Å². The number of thiazole rings is 1. The summed E-state index contributed by atoms with van der Waals surface area (Å²) in [7, 11) is 0. The monoisotopic (exact) mass is 648 g/mol. The lowest BCUT2D eigenvalue weighted by molar-refractivity contribution is -0.275. The molecule has 0 aliphatic heterocycles. The number of nitrogens with zero attached hydrogens (tertiary/aromatic N) is 1. The molecule has 4 rings (SSSR count). The molecule has 0 saturated carbocycles. The standard InChI is InChI=1S/C29H21F9N2O3S/c1-17-40-24(27(30,31)32)23(44-17)25(41)39-16-26(15-18-7-3-2-4-8-18,19-9-5-11-21(13-19)42-28(33,34)35)20-10-6-12-22(14-20)43-29(36,37)38/h2-14H,15-16H2,1H3,(H,39,41). The van der Waals surface area contributed by atoms with Gasteiger partial charge in [-0.25, -0.2) is 4.98 Å². The third-order valence-electron chi connectivity index (χ3n) is 6.35. The second kappa shape index (κ2) is 12.4. The van der Waals surface area contributed by atoms with Gasteiger partial charge in [0.15, 0.2) is 5.69 Å². The molecule has 1 aromatic heterocycles. The van der Waals surface area contributed by atoms with E-state index in [4.69, 9.17) is 0 Å². The Morgan fingerprint density at radius 2 is 1.30 bits per heavy atom. The highest BCUT2D eigenvalue weighted by molar-refractivity contribution is 7.13. The maximum Gasteiger partial charge on any atom is 0.573 e. The second-order valence-electron chi connectivity index (χ2n) is 9.49. The van der Waals surface area contributed by atoms with Gasteiger partial charge in [-0.3, -0.25) is 4.79 Å². The van der Waals surface area contributed by atoms with Crippen LogP contribution in [0.4, 0.5) is 39.5 Å². The first-order valence-electron chi connectivity index (χ1n) is 12.5. The number of amides is 1. The Morgan fingerprint density at radius 3 is 1.77 bits per heavy atom. The number of rotatable bonds is 9. The zero-order valence-electron chi connectivity index (χ0n) is 22.4. The number of hydrogen-bond donors (Lipinski definition) is 1. The average molecular weight is 649 g/mol. The van der Waals surface area contributed by atoms with Gasteiger partial charge >= 0.3 is 18.9 Å². The van der Waals surface area contributed by atoms with Crippen molar-refractivity contribution in [3.8, 4) is 11.5 Å². The molecule has 0 aliphatic rings. The van der Waals surface area contributed by atoms with Gasteiger partial charge in [-0.2, -0.15) is 13.2 Å². The average Bonchev–Trinajstić information content (AvgIpc) is 3.32. The van der Waals surface area contributed by atoms with Crippen LogP contribution in [0.25, 0.3) is 0 Å². The highest BCUT2D eigenvalue weighted by atomic mass is 32.1. The number of carbonyl (C=O) groups is 1. The van der Waals surface area contributed by atoms with Crippen molar-refractivity contribution in [1.82, 2.24) is 10.3 Å². The Hall–Kier alpha value is -4.27. The largest absolute Gasteiger partial charge is 0.573 e. The summed E-state index contributed by atoms with van der Waals surface area (Å²) < 4.78 is 128. The van der Waals surface area contributed by atoms with Crippen LogP contribution in [-0.2, 0) is 18.0 Å². The lowest BCUT2D eigenvalue weighted by atomic mass is 9.70. The first kappa shape index (κ1) is 32.6. The molecule has 1 heterocycles. The van der Waals surface area contributed by atoms with Gasteiger partial charge in [0, 0.05) is 12.0 Å². The molecule has 0 spiro atoms. The molecule has 4 aromatic rings. The third kappa shape index (κ3) is 8.21. The van der Waals surface area contributed by atoms with E-state index in [0.29, 0.717) is 16.9 Å². The van der Waals surface area contributed by atoms with E-state index >= 15 is 0 Å². The molecule has 0 bridgehead atoms. The molecule has 3 aromatic carbocycles. The van der Waals surface area contributed by atoms with Crippen LogP contribution in [0.2, 0.25) is 0 Å². The predicted octanol–water partition coefficient (Wildman–Crippen LogP) is 8.23. The van der Waals surface area contributed by atoms with Gasteiger partial charge in [0.25, 0.3) is 5.91 Å². The minimum absolute atomic E-state index is 0.0455. The lowest BCUT2D eigenvalue weighted by Crippen LogP contribution is -2.43. The van der Waals surface area contributed by atoms with Gasteiger partial charge in [0.1, 0.15) is 16.4 Å². The predicted molar refractivity (Wildman–Crippen MR) is 141 cm³/mol. The first-order valence-corrected chi connectivity index (χ1v) is 13.4. The minimum atomic E-state index is -5.09. The minimum Gasteiger partial charge on any atom is -0.406 e. The van der Waals surface area contributed by atoms with Crippen LogP contribution in [0.5, 0.6) is 11.5 Å². The molecule has 1 N–H and O–H groups in total. The smallest absolute Gasteiger partial charge is 0.406 e. The summed E-state index contributed by atoms with van der Waals surface area (Å²) in [4.78, 5) is 15.9. The quantitative estimate of drug-likeness (QED) is 0.186. The molecule has 0 atom stereocenters. The van der Waals surface area contributed by atoms with E-state index in [1.54, 1.807) is 30.3 Å². The highest BCUT2D eigenvalue weighted by Gasteiger charge is 2.41. The van der Waals surface area contributed by atoms with E-state index in [0.717, 1.165) is 24.3 Å². The van der Waals surface area contributed by atoms with Crippen LogP contribution in [0.3, 0.4) is 0 Å². The zero-order chi connectivity index (χ0) is 32.3. The summed E-state index contributed by atoms with van der Waals surface area (Å²) in [6, 6.07) is 17.4. The zero-order valence-corrected chi connectivity index (χ0v) is 23.2. The molecule has 5 nitrogen and oxygen atoms in total. The Kier molecular flexibility index (Phi) is 9.18. The van der Waals surface area contributed by atoms with Crippen molar-refractivity contribution in [3.63, 3.8) is 0 Å². The van der Waals surface area contributed by atoms with Crippen molar-refractivity contribution in [2.45, 2.75) is 37.7 Å². The van der Waals surface area contributed by atoms with Gasteiger partial charge in [0.05, 0.1) is 5.01 Å². The number of benzene rings is 3. The fourth-order valence-corrected chi connectivity index (χ4v) is 5.50. The molecule has 0 radical (unpaired) electrons. The van der Waals surface area contributed by atoms with Gasteiger partial charge in [-0.15, -0.1) is 37.7 Å². The first-order chi connectivity index (χ1) is 20.5. The SMILES string of the molecule is Cc1nc(C(F)(F)F)c(C(=O)NCC(Cc2ccccc2)(c2cccc(OC(F)(F)F)c2)c2cccc(OC(F)(F)F)c2)s1. The van der Waals surface area contributed by atoms with E-state index in [2.05, 4.69) is 19.8 Å². The summed E-state index contributed by atoms with van der Waals surface area (Å²) in [6.07, 6.45) is -15.3. The lowest BCUT2D eigenvalue weighted by Gasteiger charge is -2.36. The van der Waals surface area contributed by atoms with Crippen LogP contribution in [-0.4, -0.2) is 30.2 Å². The van der Waals surface area contributed by atoms with Crippen LogP contribution < -0.4 is 14.8 Å². The van der Waals surface area contributed by atoms with Gasteiger partial charge in [-0.05, 0) is 54.3 Å². The van der Waals surface area contributed by atoms with Crippen molar-refractivity contribution >= 4 is 17.2 Å². The molecular weight excluding hydrogens is 627 g/mol. The van der Waals surface area contributed by atoms with Crippen LogP contribution >= 0.6 is 11.3 Å². The molecule has 0 aliphatic carbocycles. The fourth-order valence-electron chi connectivity index (χ4n) is 4.65. The molecule has 15 heteroatoms.